The summed E-state index contributed by atoms with van der Waals surface area (Å²) in [5.74, 6) is -0.359. The molecule has 134 valence electrons. The summed E-state index contributed by atoms with van der Waals surface area (Å²) in [5.41, 5.74) is 0.586. The molecule has 0 aliphatic heterocycles. The first-order chi connectivity index (χ1) is 11.8. The van der Waals surface area contributed by atoms with Crippen molar-refractivity contribution < 1.29 is 19.4 Å². The Hall–Kier alpha value is -1.46. The van der Waals surface area contributed by atoms with E-state index >= 15 is 0 Å². The normalized spacial score (nSPS) is 9.80. The number of benzene rings is 2. The van der Waals surface area contributed by atoms with Gasteiger partial charge in [0.2, 0.25) is 0 Å². The summed E-state index contributed by atoms with van der Waals surface area (Å²) in [6, 6.07) is 9.10. The molecule has 0 saturated carbocycles. The van der Waals surface area contributed by atoms with Crippen molar-refractivity contribution in [2.75, 3.05) is 18.9 Å². The number of ketones is 2. The zero-order valence-electron chi connectivity index (χ0n) is 13.1. The van der Waals surface area contributed by atoms with Crippen LogP contribution in [0.4, 0.5) is 0 Å². The minimum atomic E-state index is -0.336. The highest BCUT2D eigenvalue weighted by Gasteiger charge is 2.11. The largest absolute Gasteiger partial charge is 0.507 e. The molecule has 0 bridgehead atoms. The number of hydrogen-bond acceptors (Lipinski definition) is 4. The number of hydrogen-bond donors (Lipinski definition) is 1. The maximum atomic E-state index is 11.3. The smallest absolute Gasteiger partial charge is 0.181 e. The summed E-state index contributed by atoms with van der Waals surface area (Å²) in [5, 5.41) is 10.1. The van der Waals surface area contributed by atoms with E-state index in [-0.39, 0.29) is 34.6 Å². The number of phenolic OH excluding ortho intramolecular Hbond substituents is 1. The highest BCUT2D eigenvalue weighted by Crippen LogP contribution is 2.23. The number of rotatable bonds is 5. The Labute approximate surface area is 165 Å². The van der Waals surface area contributed by atoms with Crippen LogP contribution in [0.5, 0.6) is 11.5 Å². The number of ether oxygens (including phenoxy) is 1. The van der Waals surface area contributed by atoms with E-state index in [0.717, 1.165) is 0 Å². The molecule has 0 aromatic heterocycles. The van der Waals surface area contributed by atoms with E-state index in [1.165, 1.54) is 25.3 Å². The van der Waals surface area contributed by atoms with Crippen LogP contribution in [0.3, 0.4) is 0 Å². The molecule has 0 aliphatic carbocycles. The third-order valence-corrected chi connectivity index (χ3v) is 3.92. The summed E-state index contributed by atoms with van der Waals surface area (Å²) >= 11 is 22.1. The van der Waals surface area contributed by atoms with Gasteiger partial charge in [-0.25, -0.2) is 0 Å². The van der Waals surface area contributed by atoms with Crippen LogP contribution in [0.25, 0.3) is 0 Å². The fraction of sp³-hybridized carbons (Fsp3) is 0.176. The van der Waals surface area contributed by atoms with Crippen molar-refractivity contribution in [3.63, 3.8) is 0 Å². The van der Waals surface area contributed by atoms with Crippen LogP contribution in [0.1, 0.15) is 20.7 Å². The summed E-state index contributed by atoms with van der Waals surface area (Å²) in [4.78, 5) is 22.3. The molecule has 0 aliphatic rings. The quantitative estimate of drug-likeness (QED) is 0.527. The Bertz CT molecular complexity index is 762. The molecular formula is C17H14Cl4O4. The second-order valence-corrected chi connectivity index (χ2v) is 6.03. The molecule has 2 aromatic carbocycles. The molecule has 4 nitrogen and oxygen atoms in total. The Morgan fingerprint density at radius 1 is 0.920 bits per heavy atom. The molecule has 0 radical (unpaired) electrons. The third kappa shape index (κ3) is 6.40. The molecule has 0 heterocycles. The molecule has 2 rings (SSSR count). The van der Waals surface area contributed by atoms with Gasteiger partial charge in [0.25, 0.3) is 0 Å². The number of carbonyl (C=O) groups is 2. The van der Waals surface area contributed by atoms with Gasteiger partial charge in [-0.15, -0.1) is 23.2 Å². The van der Waals surface area contributed by atoms with E-state index in [0.29, 0.717) is 21.4 Å². The molecule has 0 amide bonds. The summed E-state index contributed by atoms with van der Waals surface area (Å²) in [6.07, 6.45) is 0. The molecule has 0 saturated heterocycles. The lowest BCUT2D eigenvalue weighted by Gasteiger charge is -2.05. The van der Waals surface area contributed by atoms with E-state index < -0.39 is 0 Å². The van der Waals surface area contributed by atoms with E-state index in [4.69, 9.17) is 51.1 Å². The highest BCUT2D eigenvalue weighted by molar-refractivity contribution is 6.33. The number of carbonyl (C=O) groups excluding carboxylic acids is 2. The maximum Gasteiger partial charge on any atom is 0.181 e. The van der Waals surface area contributed by atoms with Crippen LogP contribution in [0.2, 0.25) is 10.0 Å². The number of phenols is 1. The second-order valence-electron chi connectivity index (χ2n) is 4.62. The molecule has 0 atom stereocenters. The number of methoxy groups -OCH3 is 1. The Morgan fingerprint density at radius 3 is 1.92 bits per heavy atom. The van der Waals surface area contributed by atoms with Crippen LogP contribution in [-0.2, 0) is 0 Å². The topological polar surface area (TPSA) is 63.6 Å². The van der Waals surface area contributed by atoms with Gasteiger partial charge in [0.15, 0.2) is 11.6 Å². The van der Waals surface area contributed by atoms with Gasteiger partial charge in [-0.2, -0.15) is 0 Å². The van der Waals surface area contributed by atoms with Crippen molar-refractivity contribution in [2.24, 2.45) is 0 Å². The van der Waals surface area contributed by atoms with Gasteiger partial charge in [0, 0.05) is 10.0 Å². The molecule has 0 fully saturated rings. The standard InChI is InChI=1S/C9H8Cl2O2.C8H6Cl2O2/c1-13-9-3-2-6(11)4-7(9)8(12)5-10;9-4-8(12)6-3-5(10)1-2-7(6)11/h2-4H,5H2,1H3;1-3,11H,4H2. The SMILES string of the molecule is COc1ccc(Cl)cc1C(=O)CCl.O=C(CCl)c1cc(Cl)ccc1O. The second kappa shape index (κ2) is 10.5. The molecule has 1 N–H and O–H groups in total. The Balaban J connectivity index is 0.000000251. The summed E-state index contributed by atoms with van der Waals surface area (Å²) in [6.45, 7) is 0. The molecule has 2 aromatic rings. The lowest BCUT2D eigenvalue weighted by molar-refractivity contribution is 0.101. The minimum Gasteiger partial charge on any atom is -0.507 e. The minimum absolute atomic E-state index is 0.0727. The van der Waals surface area contributed by atoms with Gasteiger partial charge in [-0.05, 0) is 36.4 Å². The van der Waals surface area contributed by atoms with Gasteiger partial charge in [0.05, 0.1) is 30.0 Å². The lowest BCUT2D eigenvalue weighted by Crippen LogP contribution is -2.03. The number of halogens is 4. The van der Waals surface area contributed by atoms with Gasteiger partial charge in [-0.1, -0.05) is 23.2 Å². The Kier molecular flexibility index (Phi) is 9.08. The summed E-state index contributed by atoms with van der Waals surface area (Å²) < 4.78 is 4.99. The van der Waals surface area contributed by atoms with Crippen LogP contribution in [-0.4, -0.2) is 35.5 Å². The molecule has 25 heavy (non-hydrogen) atoms. The van der Waals surface area contributed by atoms with Crippen molar-refractivity contribution >= 4 is 58.0 Å². The average Bonchev–Trinajstić information content (AvgIpc) is 2.62. The van der Waals surface area contributed by atoms with E-state index in [2.05, 4.69) is 0 Å². The van der Waals surface area contributed by atoms with Gasteiger partial charge < -0.3 is 9.84 Å². The van der Waals surface area contributed by atoms with Crippen molar-refractivity contribution in [3.8, 4) is 11.5 Å². The maximum absolute atomic E-state index is 11.3. The molecule has 8 heteroatoms. The van der Waals surface area contributed by atoms with Gasteiger partial charge >= 0.3 is 0 Å². The predicted molar refractivity (Wildman–Crippen MR) is 101 cm³/mol. The fourth-order valence-electron chi connectivity index (χ4n) is 1.77. The van der Waals surface area contributed by atoms with Crippen molar-refractivity contribution in [3.05, 3.63) is 57.6 Å². The lowest BCUT2D eigenvalue weighted by atomic mass is 10.1. The first-order valence-corrected chi connectivity index (χ1v) is 8.66. The van der Waals surface area contributed by atoms with E-state index in [1.54, 1.807) is 18.2 Å². The highest BCUT2D eigenvalue weighted by atomic mass is 35.5. The Morgan fingerprint density at radius 2 is 1.40 bits per heavy atom. The van der Waals surface area contributed by atoms with Crippen LogP contribution < -0.4 is 4.74 Å². The number of Topliss-reactive ketones (excluding diaryl/α,β-unsaturated/α-hetero) is 2. The van der Waals surface area contributed by atoms with Crippen LogP contribution >= 0.6 is 46.4 Å². The molecule has 0 unspecified atom stereocenters. The monoisotopic (exact) mass is 422 g/mol. The van der Waals surface area contributed by atoms with E-state index in [1.807, 2.05) is 0 Å². The predicted octanol–water partition coefficient (Wildman–Crippen LogP) is 5.24. The third-order valence-electron chi connectivity index (χ3n) is 2.96. The van der Waals surface area contributed by atoms with Crippen molar-refractivity contribution in [1.29, 1.82) is 0 Å². The fourth-order valence-corrected chi connectivity index (χ4v) is 2.41. The number of aromatic hydroxyl groups is 1. The molecular weight excluding hydrogens is 410 g/mol. The number of alkyl halides is 2. The van der Waals surface area contributed by atoms with Crippen molar-refractivity contribution in [2.45, 2.75) is 0 Å². The molecule has 0 spiro atoms. The van der Waals surface area contributed by atoms with Crippen LogP contribution in [0.15, 0.2) is 36.4 Å². The average molecular weight is 424 g/mol. The zero-order valence-corrected chi connectivity index (χ0v) is 16.1. The van der Waals surface area contributed by atoms with Crippen LogP contribution in [0, 0.1) is 0 Å². The zero-order chi connectivity index (χ0) is 19.0. The summed E-state index contributed by atoms with van der Waals surface area (Å²) in [7, 11) is 1.49. The van der Waals surface area contributed by atoms with Gasteiger partial charge in [-0.3, -0.25) is 9.59 Å². The van der Waals surface area contributed by atoms with E-state index in [9.17, 15) is 14.7 Å². The first-order valence-electron chi connectivity index (χ1n) is 6.84. The van der Waals surface area contributed by atoms with Crippen molar-refractivity contribution in [1.82, 2.24) is 0 Å². The first kappa shape index (κ1) is 21.6. The van der Waals surface area contributed by atoms with Gasteiger partial charge in [0.1, 0.15) is 11.5 Å².